The molecule has 3 heteroatoms. The summed E-state index contributed by atoms with van der Waals surface area (Å²) in [6, 6.07) is 4.73. The van der Waals surface area contributed by atoms with Gasteiger partial charge in [0.15, 0.2) is 0 Å². The van der Waals surface area contributed by atoms with Gasteiger partial charge in [-0.15, -0.1) is 11.3 Å². The van der Waals surface area contributed by atoms with Crippen molar-refractivity contribution in [2.24, 2.45) is 5.92 Å². The van der Waals surface area contributed by atoms with Crippen molar-refractivity contribution in [2.75, 3.05) is 6.54 Å². The molecule has 2 atom stereocenters. The maximum Gasteiger partial charge on any atom is 0.0667 e. The number of aliphatic hydroxyl groups excluding tert-OH is 1. The maximum atomic E-state index is 10.2. The van der Waals surface area contributed by atoms with Crippen molar-refractivity contribution in [1.29, 1.82) is 0 Å². The van der Waals surface area contributed by atoms with Gasteiger partial charge in [-0.05, 0) is 30.2 Å². The summed E-state index contributed by atoms with van der Waals surface area (Å²) in [5, 5.41) is 15.9. The molecule has 2 rings (SSSR count). The SMILES string of the molecule is CCCC(NCC(O)CC1CCCC1)c1cccs1. The van der Waals surface area contributed by atoms with Crippen LogP contribution in [0.4, 0.5) is 0 Å². The third kappa shape index (κ3) is 4.90. The fraction of sp³-hybridized carbons (Fsp3) is 0.750. The van der Waals surface area contributed by atoms with Crippen molar-refractivity contribution in [3.05, 3.63) is 22.4 Å². The molecule has 0 saturated heterocycles. The Hall–Kier alpha value is -0.380. The molecule has 19 heavy (non-hydrogen) atoms. The molecule has 1 fully saturated rings. The van der Waals surface area contributed by atoms with E-state index >= 15 is 0 Å². The molecule has 1 aromatic heterocycles. The molecule has 0 bridgehead atoms. The second-order valence-electron chi connectivity index (χ2n) is 5.80. The first-order valence-electron chi connectivity index (χ1n) is 7.74. The monoisotopic (exact) mass is 281 g/mol. The van der Waals surface area contributed by atoms with E-state index in [9.17, 15) is 5.11 Å². The number of thiophene rings is 1. The highest BCUT2D eigenvalue weighted by Gasteiger charge is 2.20. The highest BCUT2D eigenvalue weighted by atomic mass is 32.1. The third-order valence-electron chi connectivity index (χ3n) is 4.14. The van der Waals surface area contributed by atoms with Gasteiger partial charge >= 0.3 is 0 Å². The predicted octanol–water partition coefficient (Wildman–Crippen LogP) is 4.12. The molecule has 1 aromatic rings. The largest absolute Gasteiger partial charge is 0.392 e. The maximum absolute atomic E-state index is 10.2. The summed E-state index contributed by atoms with van der Waals surface area (Å²) in [5.74, 6) is 0.767. The average molecular weight is 281 g/mol. The van der Waals surface area contributed by atoms with Gasteiger partial charge in [-0.1, -0.05) is 45.1 Å². The van der Waals surface area contributed by atoms with Crippen LogP contribution in [-0.2, 0) is 0 Å². The summed E-state index contributed by atoms with van der Waals surface area (Å²) >= 11 is 1.81. The summed E-state index contributed by atoms with van der Waals surface area (Å²) in [6.07, 6.45) is 8.49. The van der Waals surface area contributed by atoms with Crippen LogP contribution in [-0.4, -0.2) is 17.8 Å². The molecule has 1 heterocycles. The van der Waals surface area contributed by atoms with E-state index in [0.29, 0.717) is 6.04 Å². The summed E-state index contributed by atoms with van der Waals surface area (Å²) in [5.41, 5.74) is 0. The number of hydrogen-bond acceptors (Lipinski definition) is 3. The van der Waals surface area contributed by atoms with Gasteiger partial charge in [-0.25, -0.2) is 0 Å². The molecular weight excluding hydrogens is 254 g/mol. The van der Waals surface area contributed by atoms with Crippen molar-refractivity contribution in [3.8, 4) is 0 Å². The molecule has 0 amide bonds. The van der Waals surface area contributed by atoms with Crippen molar-refractivity contribution in [2.45, 2.75) is 64.0 Å². The number of aliphatic hydroxyl groups is 1. The van der Waals surface area contributed by atoms with Gasteiger partial charge < -0.3 is 10.4 Å². The Labute approximate surface area is 121 Å². The van der Waals surface area contributed by atoms with E-state index in [-0.39, 0.29) is 6.10 Å². The molecule has 2 nitrogen and oxygen atoms in total. The minimum absolute atomic E-state index is 0.178. The van der Waals surface area contributed by atoms with Crippen LogP contribution in [0.3, 0.4) is 0 Å². The zero-order valence-electron chi connectivity index (χ0n) is 12.0. The summed E-state index contributed by atoms with van der Waals surface area (Å²) in [6.45, 7) is 2.95. The van der Waals surface area contributed by atoms with Crippen LogP contribution in [0.1, 0.15) is 62.8 Å². The van der Waals surface area contributed by atoms with Crippen LogP contribution in [0.5, 0.6) is 0 Å². The van der Waals surface area contributed by atoms with E-state index in [1.165, 1.54) is 37.0 Å². The van der Waals surface area contributed by atoms with Crippen LogP contribution in [0.2, 0.25) is 0 Å². The van der Waals surface area contributed by atoms with Crippen LogP contribution in [0.15, 0.2) is 17.5 Å². The van der Waals surface area contributed by atoms with Gasteiger partial charge in [0, 0.05) is 17.5 Å². The first-order valence-corrected chi connectivity index (χ1v) is 8.62. The Balaban J connectivity index is 1.74. The summed E-state index contributed by atoms with van der Waals surface area (Å²) < 4.78 is 0. The third-order valence-corrected chi connectivity index (χ3v) is 5.13. The normalized spacial score (nSPS) is 19.7. The highest BCUT2D eigenvalue weighted by Crippen LogP contribution is 2.29. The van der Waals surface area contributed by atoms with Crippen molar-refractivity contribution in [3.63, 3.8) is 0 Å². The molecule has 2 unspecified atom stereocenters. The van der Waals surface area contributed by atoms with E-state index in [0.717, 1.165) is 25.3 Å². The van der Waals surface area contributed by atoms with E-state index in [2.05, 4.69) is 29.8 Å². The van der Waals surface area contributed by atoms with Gasteiger partial charge in [0.1, 0.15) is 0 Å². The molecule has 0 aliphatic heterocycles. The van der Waals surface area contributed by atoms with E-state index in [4.69, 9.17) is 0 Å². The fourth-order valence-electron chi connectivity index (χ4n) is 3.12. The molecule has 1 aliphatic rings. The Kier molecular flexibility index (Phi) is 6.35. The Morgan fingerprint density at radius 2 is 2.21 bits per heavy atom. The van der Waals surface area contributed by atoms with Crippen molar-refractivity contribution >= 4 is 11.3 Å². The molecule has 0 radical (unpaired) electrons. The second kappa shape index (κ2) is 8.03. The van der Waals surface area contributed by atoms with E-state index < -0.39 is 0 Å². The molecular formula is C16H27NOS. The molecule has 1 aliphatic carbocycles. The average Bonchev–Trinajstić information content (AvgIpc) is 3.07. The van der Waals surface area contributed by atoms with Gasteiger partial charge in [-0.2, -0.15) is 0 Å². The van der Waals surface area contributed by atoms with Crippen LogP contribution in [0.25, 0.3) is 0 Å². The minimum atomic E-state index is -0.178. The smallest absolute Gasteiger partial charge is 0.0667 e. The number of hydrogen-bond donors (Lipinski definition) is 2. The van der Waals surface area contributed by atoms with Crippen molar-refractivity contribution in [1.82, 2.24) is 5.32 Å². The molecule has 2 N–H and O–H groups in total. The van der Waals surface area contributed by atoms with Crippen LogP contribution in [0, 0.1) is 5.92 Å². The number of rotatable bonds is 8. The van der Waals surface area contributed by atoms with E-state index in [1.807, 2.05) is 11.3 Å². The topological polar surface area (TPSA) is 32.3 Å². The zero-order valence-corrected chi connectivity index (χ0v) is 12.8. The zero-order chi connectivity index (χ0) is 13.5. The lowest BCUT2D eigenvalue weighted by atomic mass is 10.00. The molecule has 1 saturated carbocycles. The van der Waals surface area contributed by atoms with Gasteiger partial charge in [0.25, 0.3) is 0 Å². The lowest BCUT2D eigenvalue weighted by Gasteiger charge is -2.21. The molecule has 0 spiro atoms. The predicted molar refractivity (Wildman–Crippen MR) is 82.6 cm³/mol. The number of nitrogens with one attached hydrogen (secondary N) is 1. The Morgan fingerprint density at radius 3 is 2.84 bits per heavy atom. The summed E-state index contributed by atoms with van der Waals surface area (Å²) in [4.78, 5) is 1.40. The fourth-order valence-corrected chi connectivity index (χ4v) is 3.95. The van der Waals surface area contributed by atoms with Gasteiger partial charge in [0.2, 0.25) is 0 Å². The minimum Gasteiger partial charge on any atom is -0.392 e. The standard InChI is InChI=1S/C16H27NOS/c1-2-6-15(16-9-5-10-19-16)17-12-14(18)11-13-7-3-4-8-13/h5,9-10,13-15,17-18H,2-4,6-8,11-12H2,1H3. The Morgan fingerprint density at radius 1 is 1.42 bits per heavy atom. The van der Waals surface area contributed by atoms with Gasteiger partial charge in [0.05, 0.1) is 6.10 Å². The van der Waals surface area contributed by atoms with Crippen LogP contribution < -0.4 is 5.32 Å². The molecule has 0 aromatic carbocycles. The lowest BCUT2D eigenvalue weighted by molar-refractivity contribution is 0.136. The van der Waals surface area contributed by atoms with Crippen molar-refractivity contribution < 1.29 is 5.11 Å². The molecule has 108 valence electrons. The lowest BCUT2D eigenvalue weighted by Crippen LogP contribution is -2.31. The summed E-state index contributed by atoms with van der Waals surface area (Å²) in [7, 11) is 0. The van der Waals surface area contributed by atoms with Gasteiger partial charge in [-0.3, -0.25) is 0 Å². The highest BCUT2D eigenvalue weighted by molar-refractivity contribution is 7.10. The Bertz CT molecular complexity index is 333. The quantitative estimate of drug-likeness (QED) is 0.751. The second-order valence-corrected chi connectivity index (χ2v) is 6.78. The first-order chi connectivity index (χ1) is 9.29. The first kappa shape index (κ1) is 15.0. The van der Waals surface area contributed by atoms with Crippen LogP contribution >= 0.6 is 11.3 Å². The van der Waals surface area contributed by atoms with E-state index in [1.54, 1.807) is 0 Å².